The van der Waals surface area contributed by atoms with Crippen molar-refractivity contribution in [2.45, 2.75) is 45.3 Å². The second-order valence-electron chi connectivity index (χ2n) is 12.3. The van der Waals surface area contributed by atoms with Crippen LogP contribution in [-0.4, -0.2) is 49.1 Å². The average Bonchev–Trinajstić information content (AvgIpc) is 3.08. The van der Waals surface area contributed by atoms with Gasteiger partial charge >= 0.3 is 0 Å². The summed E-state index contributed by atoms with van der Waals surface area (Å²) in [5, 5.41) is 17.5. The molecule has 1 aliphatic rings. The van der Waals surface area contributed by atoms with Gasteiger partial charge in [-0.25, -0.2) is 0 Å². The van der Waals surface area contributed by atoms with E-state index in [4.69, 9.17) is 18.9 Å². The Morgan fingerprint density at radius 3 is 1.98 bits per heavy atom. The first kappa shape index (κ1) is 35.0. The van der Waals surface area contributed by atoms with Gasteiger partial charge in [-0.05, 0) is 68.3 Å². The highest BCUT2D eigenvalue weighted by Crippen LogP contribution is 2.48. The molecule has 0 aliphatic heterocycles. The van der Waals surface area contributed by atoms with Crippen molar-refractivity contribution in [2.24, 2.45) is 11.8 Å². The molecule has 5 rings (SSSR count). The summed E-state index contributed by atoms with van der Waals surface area (Å²) in [6.07, 6.45) is -0.423. The SMILES string of the molecule is CCOc1cc(C2C(C(=O)Nc3ccccc3OC)C(=O)CC(C)(O)C2C(=O)Nc2ccccc2OC)ccc1OCc1ccc(C)cc1. The fraction of sp³-hybridized carbons (Fsp3) is 0.308. The Hall–Kier alpha value is -5.35. The predicted molar refractivity (Wildman–Crippen MR) is 186 cm³/mol. The number of anilines is 2. The third kappa shape index (κ3) is 7.87. The number of methoxy groups -OCH3 is 2. The van der Waals surface area contributed by atoms with Gasteiger partial charge in [0.2, 0.25) is 11.8 Å². The van der Waals surface area contributed by atoms with Gasteiger partial charge in [-0.3, -0.25) is 14.4 Å². The van der Waals surface area contributed by atoms with Crippen LogP contribution >= 0.6 is 0 Å². The van der Waals surface area contributed by atoms with Crippen LogP contribution in [0.15, 0.2) is 91.0 Å². The predicted octanol–water partition coefficient (Wildman–Crippen LogP) is 6.31. The van der Waals surface area contributed by atoms with Crippen molar-refractivity contribution in [2.75, 3.05) is 31.5 Å². The van der Waals surface area contributed by atoms with Crippen molar-refractivity contribution in [1.82, 2.24) is 0 Å². The highest BCUT2D eigenvalue weighted by atomic mass is 16.5. The summed E-state index contributed by atoms with van der Waals surface area (Å²) in [6, 6.07) is 26.8. The number of hydrogen-bond donors (Lipinski definition) is 3. The van der Waals surface area contributed by atoms with Crippen LogP contribution in [0.4, 0.5) is 11.4 Å². The lowest BCUT2D eigenvalue weighted by Crippen LogP contribution is -2.56. The molecule has 10 nitrogen and oxygen atoms in total. The average molecular weight is 667 g/mol. The largest absolute Gasteiger partial charge is 0.495 e. The van der Waals surface area contributed by atoms with Crippen LogP contribution in [-0.2, 0) is 21.0 Å². The molecule has 0 radical (unpaired) electrons. The van der Waals surface area contributed by atoms with Crippen molar-refractivity contribution in [3.63, 3.8) is 0 Å². The van der Waals surface area contributed by atoms with E-state index in [0.29, 0.717) is 46.5 Å². The number of aryl methyl sites for hydroxylation is 1. The van der Waals surface area contributed by atoms with Gasteiger partial charge in [0, 0.05) is 12.3 Å². The van der Waals surface area contributed by atoms with E-state index in [-0.39, 0.29) is 6.61 Å². The summed E-state index contributed by atoms with van der Waals surface area (Å²) in [4.78, 5) is 42.3. The van der Waals surface area contributed by atoms with Crippen molar-refractivity contribution in [3.05, 3.63) is 108 Å². The van der Waals surface area contributed by atoms with Crippen LogP contribution in [0.2, 0.25) is 0 Å². The Morgan fingerprint density at radius 2 is 1.39 bits per heavy atom. The van der Waals surface area contributed by atoms with E-state index < -0.39 is 47.4 Å². The minimum atomic E-state index is -1.82. The second kappa shape index (κ2) is 15.3. The summed E-state index contributed by atoms with van der Waals surface area (Å²) < 4.78 is 23.0. The smallest absolute Gasteiger partial charge is 0.235 e. The normalized spacial score (nSPS) is 20.2. The van der Waals surface area contributed by atoms with E-state index in [2.05, 4.69) is 10.6 Å². The Bertz CT molecular complexity index is 1800. The molecule has 3 N–H and O–H groups in total. The topological polar surface area (TPSA) is 132 Å². The zero-order valence-electron chi connectivity index (χ0n) is 28.3. The Morgan fingerprint density at radius 1 is 0.796 bits per heavy atom. The number of aliphatic hydroxyl groups is 1. The quantitative estimate of drug-likeness (QED) is 0.150. The molecule has 0 aromatic heterocycles. The molecule has 0 heterocycles. The summed E-state index contributed by atoms with van der Waals surface area (Å²) in [6.45, 7) is 5.88. The first-order valence-electron chi connectivity index (χ1n) is 16.1. The van der Waals surface area contributed by atoms with Gasteiger partial charge < -0.3 is 34.7 Å². The molecule has 1 saturated carbocycles. The van der Waals surface area contributed by atoms with E-state index in [1.807, 2.05) is 38.1 Å². The highest BCUT2D eigenvalue weighted by molar-refractivity contribution is 6.11. The van der Waals surface area contributed by atoms with Crippen LogP contribution in [0.5, 0.6) is 23.0 Å². The van der Waals surface area contributed by atoms with Crippen LogP contribution in [0.25, 0.3) is 0 Å². The minimum absolute atomic E-state index is 0.282. The third-order valence-corrected chi connectivity index (χ3v) is 8.73. The molecule has 256 valence electrons. The zero-order chi connectivity index (χ0) is 35.1. The van der Waals surface area contributed by atoms with Gasteiger partial charge in [0.15, 0.2) is 11.5 Å². The number of Topliss-reactive ketones (excluding diaryl/α,β-unsaturated/α-hetero) is 1. The second-order valence-corrected chi connectivity index (χ2v) is 12.3. The maximum atomic E-state index is 14.3. The molecule has 0 spiro atoms. The molecule has 10 heteroatoms. The summed E-state index contributed by atoms with van der Waals surface area (Å²) in [5.74, 6) is -3.80. The van der Waals surface area contributed by atoms with E-state index in [1.54, 1.807) is 66.7 Å². The molecule has 4 unspecified atom stereocenters. The number of para-hydroxylation sites is 4. The van der Waals surface area contributed by atoms with E-state index in [9.17, 15) is 19.5 Å². The van der Waals surface area contributed by atoms with Gasteiger partial charge in [-0.15, -0.1) is 0 Å². The molecule has 0 saturated heterocycles. The van der Waals surface area contributed by atoms with Gasteiger partial charge in [0.1, 0.15) is 29.8 Å². The Kier molecular flexibility index (Phi) is 10.9. The summed E-state index contributed by atoms with van der Waals surface area (Å²) in [7, 11) is 2.96. The van der Waals surface area contributed by atoms with Gasteiger partial charge in [-0.2, -0.15) is 0 Å². The molecular formula is C39H42N2O8. The maximum absolute atomic E-state index is 14.3. The fourth-order valence-electron chi connectivity index (χ4n) is 6.37. The van der Waals surface area contributed by atoms with Gasteiger partial charge in [0.05, 0.1) is 43.7 Å². The van der Waals surface area contributed by atoms with Gasteiger partial charge in [0.25, 0.3) is 0 Å². The van der Waals surface area contributed by atoms with Crippen LogP contribution in [0, 0.1) is 18.8 Å². The first-order chi connectivity index (χ1) is 23.6. The van der Waals surface area contributed by atoms with Crippen LogP contribution in [0.1, 0.15) is 42.9 Å². The van der Waals surface area contributed by atoms with Gasteiger partial charge in [-0.1, -0.05) is 60.2 Å². The molecule has 4 aromatic carbocycles. The number of rotatable bonds is 12. The lowest BCUT2D eigenvalue weighted by Gasteiger charge is -2.44. The molecular weight excluding hydrogens is 624 g/mol. The number of amides is 2. The number of nitrogens with one attached hydrogen (secondary N) is 2. The number of hydrogen-bond acceptors (Lipinski definition) is 8. The number of ether oxygens (including phenoxy) is 4. The van der Waals surface area contributed by atoms with Crippen molar-refractivity contribution in [1.29, 1.82) is 0 Å². The maximum Gasteiger partial charge on any atom is 0.235 e. The number of ketones is 1. The molecule has 4 atom stereocenters. The zero-order valence-corrected chi connectivity index (χ0v) is 28.3. The standard InChI is InChI=1S/C39H42N2O8/c1-6-48-33-21-26(19-20-32(33)49-23-25-17-15-24(2)16-18-25)34-35(37(43)40-27-11-7-9-13-30(27)46-4)29(42)22-39(3,45)36(34)38(44)41-28-12-8-10-14-31(28)47-5/h7-21,34-36,45H,6,22-23H2,1-5H3,(H,40,43)(H,41,44). The number of carbonyl (C=O) groups excluding carboxylic acids is 3. The van der Waals surface area contributed by atoms with E-state index in [0.717, 1.165) is 11.1 Å². The molecule has 0 bridgehead atoms. The van der Waals surface area contributed by atoms with Crippen molar-refractivity contribution in [3.8, 4) is 23.0 Å². The number of carbonyl (C=O) groups is 3. The molecule has 1 aliphatic carbocycles. The summed E-state index contributed by atoms with van der Waals surface area (Å²) in [5.41, 5.74) is 1.47. The number of benzene rings is 4. The molecule has 49 heavy (non-hydrogen) atoms. The lowest BCUT2D eigenvalue weighted by molar-refractivity contribution is -0.150. The van der Waals surface area contributed by atoms with Crippen molar-refractivity contribution >= 4 is 29.0 Å². The lowest BCUT2D eigenvalue weighted by atomic mass is 9.61. The summed E-state index contributed by atoms with van der Waals surface area (Å²) >= 11 is 0. The molecule has 1 fully saturated rings. The van der Waals surface area contributed by atoms with E-state index in [1.165, 1.54) is 21.1 Å². The third-order valence-electron chi connectivity index (χ3n) is 8.73. The van der Waals surface area contributed by atoms with Crippen LogP contribution in [0.3, 0.4) is 0 Å². The minimum Gasteiger partial charge on any atom is -0.495 e. The fourth-order valence-corrected chi connectivity index (χ4v) is 6.37. The van der Waals surface area contributed by atoms with Crippen molar-refractivity contribution < 1.29 is 38.4 Å². The monoisotopic (exact) mass is 666 g/mol. The van der Waals surface area contributed by atoms with Crippen LogP contribution < -0.4 is 29.6 Å². The first-order valence-corrected chi connectivity index (χ1v) is 16.1. The molecule has 2 amide bonds. The Labute approximate surface area is 286 Å². The van der Waals surface area contributed by atoms with E-state index >= 15 is 0 Å². The highest BCUT2D eigenvalue weighted by Gasteiger charge is 2.56. The Balaban J connectivity index is 1.58. The molecule has 4 aromatic rings.